The van der Waals surface area contributed by atoms with Crippen LogP contribution in [0.15, 0.2) is 54.6 Å². The lowest BCUT2D eigenvalue weighted by molar-refractivity contribution is 0.0797. The van der Waals surface area contributed by atoms with Gasteiger partial charge in [0.2, 0.25) is 0 Å². The van der Waals surface area contributed by atoms with Crippen molar-refractivity contribution in [2.75, 3.05) is 24.6 Å². The maximum atomic E-state index is 12.6. The van der Waals surface area contributed by atoms with Crippen molar-refractivity contribution in [2.24, 2.45) is 5.73 Å². The molecule has 1 fully saturated rings. The van der Waals surface area contributed by atoms with Crippen LogP contribution in [-0.2, 0) is 17.8 Å². The number of rotatable bonds is 7. The van der Waals surface area contributed by atoms with Gasteiger partial charge in [0.05, 0.1) is 12.6 Å². The molecular formula is C22H27N3O4. The van der Waals surface area contributed by atoms with Gasteiger partial charge in [-0.15, -0.1) is 0 Å². The van der Waals surface area contributed by atoms with Crippen LogP contribution in [0.25, 0.3) is 0 Å². The van der Waals surface area contributed by atoms with E-state index >= 15 is 0 Å². The number of hydrogen-bond acceptors (Lipinski definition) is 5. The second-order valence-corrected chi connectivity index (χ2v) is 7.11. The van der Waals surface area contributed by atoms with Crippen molar-refractivity contribution in [3.8, 4) is 0 Å². The van der Waals surface area contributed by atoms with E-state index in [1.165, 1.54) is 0 Å². The molecular weight excluding hydrogens is 370 g/mol. The van der Waals surface area contributed by atoms with Gasteiger partial charge in [-0.1, -0.05) is 48.5 Å². The fourth-order valence-corrected chi connectivity index (χ4v) is 3.65. The smallest absolute Gasteiger partial charge is 0.418 e. The highest BCUT2D eigenvalue weighted by atomic mass is 16.6. The van der Waals surface area contributed by atoms with E-state index in [4.69, 9.17) is 10.5 Å². The van der Waals surface area contributed by atoms with E-state index in [0.29, 0.717) is 6.42 Å². The summed E-state index contributed by atoms with van der Waals surface area (Å²) >= 11 is 0. The van der Waals surface area contributed by atoms with E-state index in [1.807, 2.05) is 54.6 Å². The molecule has 0 bridgehead atoms. The molecule has 154 valence electrons. The van der Waals surface area contributed by atoms with Crippen molar-refractivity contribution in [3.05, 3.63) is 65.7 Å². The number of carbonyl (C=O) groups is 2. The Morgan fingerprint density at radius 1 is 1.07 bits per heavy atom. The molecule has 0 spiro atoms. The molecule has 1 atom stereocenters. The SMILES string of the molecule is NC(=O)N(C(=O)OCc1ccccc1)[C@@H](CO)Cc1ccccc1N1CCCC1. The molecule has 7 nitrogen and oxygen atoms in total. The maximum absolute atomic E-state index is 12.6. The Bertz CT molecular complexity index is 822. The molecule has 3 rings (SSSR count). The number of benzene rings is 2. The van der Waals surface area contributed by atoms with Crippen LogP contribution in [0.3, 0.4) is 0 Å². The predicted molar refractivity (Wildman–Crippen MR) is 111 cm³/mol. The fourth-order valence-electron chi connectivity index (χ4n) is 3.65. The van der Waals surface area contributed by atoms with Gasteiger partial charge in [-0.3, -0.25) is 0 Å². The molecule has 1 heterocycles. The molecule has 0 aliphatic carbocycles. The van der Waals surface area contributed by atoms with E-state index in [1.54, 1.807) is 0 Å². The number of aliphatic hydroxyl groups is 1. The Hall–Kier alpha value is -3.06. The van der Waals surface area contributed by atoms with Crippen LogP contribution in [0.1, 0.15) is 24.0 Å². The van der Waals surface area contributed by atoms with Crippen LogP contribution < -0.4 is 10.6 Å². The second kappa shape index (κ2) is 9.93. The number of carbonyl (C=O) groups excluding carboxylic acids is 2. The summed E-state index contributed by atoms with van der Waals surface area (Å²) in [6, 6.07) is 15.3. The number of anilines is 1. The Morgan fingerprint density at radius 3 is 2.38 bits per heavy atom. The molecule has 3 amide bonds. The molecule has 29 heavy (non-hydrogen) atoms. The Balaban J connectivity index is 1.73. The number of aliphatic hydroxyl groups excluding tert-OH is 1. The average Bonchev–Trinajstić information content (AvgIpc) is 3.27. The molecule has 3 N–H and O–H groups in total. The maximum Gasteiger partial charge on any atom is 0.418 e. The summed E-state index contributed by atoms with van der Waals surface area (Å²) in [6.45, 7) is 1.56. The van der Waals surface area contributed by atoms with Crippen molar-refractivity contribution in [3.63, 3.8) is 0 Å². The minimum absolute atomic E-state index is 0.0198. The summed E-state index contributed by atoms with van der Waals surface area (Å²) in [7, 11) is 0. The summed E-state index contributed by atoms with van der Waals surface area (Å²) in [5.41, 5.74) is 8.27. The van der Waals surface area contributed by atoms with Crippen molar-refractivity contribution < 1.29 is 19.4 Å². The number of hydrogen-bond donors (Lipinski definition) is 2. The van der Waals surface area contributed by atoms with Gasteiger partial charge in [0.1, 0.15) is 6.61 Å². The standard InChI is InChI=1S/C22H27N3O4/c23-21(27)25(22(28)29-16-17-8-2-1-3-9-17)19(15-26)14-18-10-4-5-11-20(18)24-12-6-7-13-24/h1-5,8-11,19,26H,6-7,12-16H2,(H2,23,27)/t19-/m1/s1. The van der Waals surface area contributed by atoms with E-state index in [2.05, 4.69) is 4.90 Å². The van der Waals surface area contributed by atoms with Crippen molar-refractivity contribution >= 4 is 17.8 Å². The summed E-state index contributed by atoms with van der Waals surface area (Å²) in [6.07, 6.45) is 1.71. The summed E-state index contributed by atoms with van der Waals surface area (Å²) in [5, 5.41) is 9.93. The first-order valence-electron chi connectivity index (χ1n) is 9.83. The quantitative estimate of drug-likeness (QED) is 0.749. The molecule has 1 aliphatic rings. The zero-order valence-electron chi connectivity index (χ0n) is 16.4. The normalized spacial score (nSPS) is 14.4. The molecule has 0 saturated carbocycles. The van der Waals surface area contributed by atoms with Gasteiger partial charge in [-0.25, -0.2) is 14.5 Å². The minimum Gasteiger partial charge on any atom is -0.444 e. The molecule has 1 aliphatic heterocycles. The lowest BCUT2D eigenvalue weighted by atomic mass is 10.0. The predicted octanol–water partition coefficient (Wildman–Crippen LogP) is 2.91. The molecule has 0 aromatic heterocycles. The second-order valence-electron chi connectivity index (χ2n) is 7.11. The third kappa shape index (κ3) is 5.26. The zero-order chi connectivity index (χ0) is 20.6. The van der Waals surface area contributed by atoms with Crippen LogP contribution in [0.4, 0.5) is 15.3 Å². The third-order valence-corrected chi connectivity index (χ3v) is 5.11. The van der Waals surface area contributed by atoms with Gasteiger partial charge in [-0.05, 0) is 36.5 Å². The van der Waals surface area contributed by atoms with Gasteiger partial charge in [-0.2, -0.15) is 0 Å². The molecule has 1 saturated heterocycles. The lowest BCUT2D eigenvalue weighted by Crippen LogP contribution is -2.50. The highest BCUT2D eigenvalue weighted by Gasteiger charge is 2.30. The molecule has 7 heteroatoms. The van der Waals surface area contributed by atoms with Gasteiger partial charge in [0.15, 0.2) is 0 Å². The fraction of sp³-hybridized carbons (Fsp3) is 0.364. The third-order valence-electron chi connectivity index (χ3n) is 5.11. The van der Waals surface area contributed by atoms with E-state index < -0.39 is 24.8 Å². The van der Waals surface area contributed by atoms with Crippen molar-refractivity contribution in [1.29, 1.82) is 0 Å². The average molecular weight is 397 g/mol. The van der Waals surface area contributed by atoms with Crippen LogP contribution >= 0.6 is 0 Å². The van der Waals surface area contributed by atoms with Crippen molar-refractivity contribution in [2.45, 2.75) is 31.9 Å². The monoisotopic (exact) mass is 397 g/mol. The molecule has 2 aromatic rings. The summed E-state index contributed by atoms with van der Waals surface area (Å²) < 4.78 is 5.27. The molecule has 0 radical (unpaired) electrons. The lowest BCUT2D eigenvalue weighted by Gasteiger charge is -2.28. The van der Waals surface area contributed by atoms with Crippen LogP contribution in [-0.4, -0.2) is 47.9 Å². The number of para-hydroxylation sites is 1. The Morgan fingerprint density at radius 2 is 1.72 bits per heavy atom. The number of amides is 3. The van der Waals surface area contributed by atoms with Gasteiger partial charge < -0.3 is 20.5 Å². The van der Waals surface area contributed by atoms with Gasteiger partial charge >= 0.3 is 12.1 Å². The summed E-state index contributed by atoms with van der Waals surface area (Å²) in [5.74, 6) is 0. The number of nitrogens with zero attached hydrogens (tertiary/aromatic N) is 2. The van der Waals surface area contributed by atoms with Crippen LogP contribution in [0.5, 0.6) is 0 Å². The van der Waals surface area contributed by atoms with Crippen LogP contribution in [0.2, 0.25) is 0 Å². The topological polar surface area (TPSA) is 96.1 Å². The van der Waals surface area contributed by atoms with E-state index in [0.717, 1.165) is 47.6 Å². The molecule has 2 aromatic carbocycles. The van der Waals surface area contributed by atoms with E-state index in [9.17, 15) is 14.7 Å². The van der Waals surface area contributed by atoms with Crippen molar-refractivity contribution in [1.82, 2.24) is 4.90 Å². The first-order valence-corrected chi connectivity index (χ1v) is 9.83. The number of urea groups is 1. The largest absolute Gasteiger partial charge is 0.444 e. The first-order chi connectivity index (χ1) is 14.1. The number of ether oxygens (including phenoxy) is 1. The first kappa shape index (κ1) is 20.7. The minimum atomic E-state index is -0.944. The number of nitrogens with two attached hydrogens (primary N) is 1. The van der Waals surface area contributed by atoms with Gasteiger partial charge in [0, 0.05) is 18.8 Å². The Kier molecular flexibility index (Phi) is 7.08. The highest BCUT2D eigenvalue weighted by Crippen LogP contribution is 2.26. The summed E-state index contributed by atoms with van der Waals surface area (Å²) in [4.78, 5) is 27.7. The number of primary amides is 1. The Labute approximate surface area is 170 Å². The number of imide groups is 1. The van der Waals surface area contributed by atoms with E-state index in [-0.39, 0.29) is 6.61 Å². The van der Waals surface area contributed by atoms with Gasteiger partial charge in [0.25, 0.3) is 0 Å². The zero-order valence-corrected chi connectivity index (χ0v) is 16.4. The molecule has 0 unspecified atom stereocenters. The highest BCUT2D eigenvalue weighted by molar-refractivity contribution is 5.90. The van der Waals surface area contributed by atoms with Crippen LogP contribution in [0, 0.1) is 0 Å².